The van der Waals surface area contributed by atoms with Crippen LogP contribution in [0.2, 0.25) is 0 Å². The maximum atomic E-state index is 10.6. The van der Waals surface area contributed by atoms with Gasteiger partial charge in [0.25, 0.3) is 0 Å². The van der Waals surface area contributed by atoms with Gasteiger partial charge in [-0.25, -0.2) is 0 Å². The van der Waals surface area contributed by atoms with Crippen molar-refractivity contribution in [1.29, 1.82) is 0 Å². The minimum atomic E-state index is 0.693. The van der Waals surface area contributed by atoms with Gasteiger partial charge in [-0.3, -0.25) is 4.79 Å². The summed E-state index contributed by atoms with van der Waals surface area (Å²) in [6, 6.07) is 11.6. The van der Waals surface area contributed by atoms with Gasteiger partial charge in [0, 0.05) is 11.1 Å². The quantitative estimate of drug-likeness (QED) is 0.524. The lowest BCUT2D eigenvalue weighted by Gasteiger charge is -1.86. The average Bonchev–Trinajstić information content (AvgIpc) is 2.75. The molecule has 0 N–H and O–H groups in total. The van der Waals surface area contributed by atoms with Gasteiger partial charge in [0.05, 0.1) is 4.88 Å². The monoisotopic (exact) mass is 212 g/mol. The zero-order valence-corrected chi connectivity index (χ0v) is 8.75. The van der Waals surface area contributed by atoms with Crippen LogP contribution >= 0.6 is 11.3 Å². The van der Waals surface area contributed by atoms with E-state index in [-0.39, 0.29) is 0 Å². The summed E-state index contributed by atoms with van der Waals surface area (Å²) in [5.41, 5.74) is 1.76. The van der Waals surface area contributed by atoms with Crippen molar-refractivity contribution in [2.75, 3.05) is 0 Å². The van der Waals surface area contributed by atoms with Gasteiger partial charge in [0.2, 0.25) is 0 Å². The molecule has 1 aromatic heterocycles. The zero-order valence-electron chi connectivity index (χ0n) is 7.94. The fraction of sp³-hybridized carbons (Fsp3) is 0. The summed E-state index contributed by atoms with van der Waals surface area (Å²) >= 11 is 1.41. The van der Waals surface area contributed by atoms with Crippen LogP contribution in [0.5, 0.6) is 0 Å². The third-order valence-corrected chi connectivity index (χ3v) is 2.76. The molecule has 0 bridgehead atoms. The van der Waals surface area contributed by atoms with E-state index in [0.29, 0.717) is 4.88 Å². The van der Waals surface area contributed by atoms with Crippen LogP contribution in [0.3, 0.4) is 0 Å². The molecule has 2 rings (SSSR count). The van der Waals surface area contributed by atoms with Gasteiger partial charge in [-0.15, -0.1) is 11.3 Å². The topological polar surface area (TPSA) is 17.1 Å². The van der Waals surface area contributed by atoms with Gasteiger partial charge in [-0.1, -0.05) is 30.0 Å². The molecule has 0 amide bonds. The van der Waals surface area contributed by atoms with E-state index in [1.54, 1.807) is 0 Å². The normalized spacial score (nSPS) is 9.07. The second-order valence-electron chi connectivity index (χ2n) is 2.93. The first-order valence-corrected chi connectivity index (χ1v) is 5.38. The van der Waals surface area contributed by atoms with E-state index < -0.39 is 0 Å². The van der Waals surface area contributed by atoms with Crippen LogP contribution in [0, 0.1) is 11.8 Å². The highest BCUT2D eigenvalue weighted by molar-refractivity contribution is 7.11. The fourth-order valence-electron chi connectivity index (χ4n) is 1.18. The number of carbonyl (C=O) groups excluding carboxylic acids is 1. The Hall–Kier alpha value is -1.85. The molecule has 0 radical (unpaired) electrons. The molecule has 0 aliphatic heterocycles. The largest absolute Gasteiger partial charge is 0.297 e. The smallest absolute Gasteiger partial charge is 0.161 e. The fourth-order valence-corrected chi connectivity index (χ4v) is 1.83. The Labute approximate surface area is 92.4 Å². The van der Waals surface area contributed by atoms with E-state index in [4.69, 9.17) is 0 Å². The molecule has 15 heavy (non-hydrogen) atoms. The van der Waals surface area contributed by atoms with Crippen molar-refractivity contribution in [3.05, 3.63) is 57.8 Å². The first-order valence-electron chi connectivity index (χ1n) is 4.50. The first-order chi connectivity index (χ1) is 7.40. The van der Waals surface area contributed by atoms with Crippen LogP contribution in [-0.4, -0.2) is 6.29 Å². The molecule has 0 saturated heterocycles. The maximum Gasteiger partial charge on any atom is 0.161 e. The lowest BCUT2D eigenvalue weighted by atomic mass is 10.2. The van der Waals surface area contributed by atoms with Crippen LogP contribution in [0.4, 0.5) is 0 Å². The summed E-state index contributed by atoms with van der Waals surface area (Å²) in [4.78, 5) is 11.3. The summed E-state index contributed by atoms with van der Waals surface area (Å²) in [5, 5.41) is 1.87. The number of rotatable bonds is 1. The Morgan fingerprint density at radius 1 is 1.07 bits per heavy atom. The lowest BCUT2D eigenvalue weighted by Crippen LogP contribution is -1.78. The number of thiophene rings is 1. The zero-order chi connectivity index (χ0) is 10.5. The second-order valence-corrected chi connectivity index (χ2v) is 3.88. The van der Waals surface area contributed by atoms with Crippen molar-refractivity contribution < 1.29 is 4.79 Å². The molecule has 1 aromatic carbocycles. The minimum absolute atomic E-state index is 0.693. The molecular weight excluding hydrogens is 204 g/mol. The molecule has 2 aromatic rings. The maximum absolute atomic E-state index is 10.6. The number of benzene rings is 1. The van der Waals surface area contributed by atoms with Gasteiger partial charge in [0.1, 0.15) is 0 Å². The molecule has 0 saturated carbocycles. The molecule has 0 aliphatic carbocycles. The highest BCUT2D eigenvalue weighted by atomic mass is 32.1. The minimum Gasteiger partial charge on any atom is -0.297 e. The SMILES string of the molecule is O=Cc1sccc1C#Cc1ccccc1. The summed E-state index contributed by atoms with van der Waals surface area (Å²) in [5.74, 6) is 6.01. The Bertz CT molecular complexity index is 514. The molecular formula is C13H8OS. The molecule has 0 fully saturated rings. The Morgan fingerprint density at radius 2 is 1.87 bits per heavy atom. The standard InChI is InChI=1S/C13H8OS/c14-10-13-12(8-9-15-13)7-6-11-4-2-1-3-5-11/h1-5,8-10H. The number of aldehydes is 1. The van der Waals surface area contributed by atoms with E-state index in [1.165, 1.54) is 11.3 Å². The molecule has 0 spiro atoms. The first kappa shape index (κ1) is 9.70. The average molecular weight is 212 g/mol. The highest BCUT2D eigenvalue weighted by Gasteiger charge is 1.98. The van der Waals surface area contributed by atoms with Crippen molar-refractivity contribution in [2.45, 2.75) is 0 Å². The molecule has 0 unspecified atom stereocenters. The van der Waals surface area contributed by atoms with Crippen molar-refractivity contribution in [2.24, 2.45) is 0 Å². The number of carbonyl (C=O) groups is 1. The van der Waals surface area contributed by atoms with Gasteiger partial charge >= 0.3 is 0 Å². The van der Waals surface area contributed by atoms with Gasteiger partial charge in [-0.05, 0) is 23.6 Å². The molecule has 0 aliphatic rings. The highest BCUT2D eigenvalue weighted by Crippen LogP contribution is 2.12. The molecule has 1 nitrogen and oxygen atoms in total. The summed E-state index contributed by atoms with van der Waals surface area (Å²) in [6.45, 7) is 0. The Morgan fingerprint density at radius 3 is 2.60 bits per heavy atom. The van der Waals surface area contributed by atoms with Crippen LogP contribution in [0.1, 0.15) is 20.8 Å². The van der Waals surface area contributed by atoms with Gasteiger partial charge < -0.3 is 0 Å². The van der Waals surface area contributed by atoms with Crippen molar-refractivity contribution in [3.8, 4) is 11.8 Å². The Kier molecular flexibility index (Phi) is 2.96. The van der Waals surface area contributed by atoms with Crippen LogP contribution < -0.4 is 0 Å². The third-order valence-electron chi connectivity index (χ3n) is 1.92. The second kappa shape index (κ2) is 4.59. The van der Waals surface area contributed by atoms with E-state index in [0.717, 1.165) is 17.4 Å². The van der Waals surface area contributed by atoms with E-state index in [1.807, 2.05) is 41.8 Å². The van der Waals surface area contributed by atoms with E-state index in [9.17, 15) is 4.79 Å². The van der Waals surface area contributed by atoms with Crippen LogP contribution in [0.15, 0.2) is 41.8 Å². The number of hydrogen-bond acceptors (Lipinski definition) is 2. The van der Waals surface area contributed by atoms with E-state index in [2.05, 4.69) is 11.8 Å². The molecule has 1 heterocycles. The molecule has 72 valence electrons. The van der Waals surface area contributed by atoms with Crippen molar-refractivity contribution in [3.63, 3.8) is 0 Å². The van der Waals surface area contributed by atoms with Gasteiger partial charge in [0.15, 0.2) is 6.29 Å². The van der Waals surface area contributed by atoms with Crippen molar-refractivity contribution >= 4 is 17.6 Å². The third kappa shape index (κ3) is 2.34. The predicted octanol–water partition coefficient (Wildman–Crippen LogP) is 2.96. The summed E-state index contributed by atoms with van der Waals surface area (Å²) in [7, 11) is 0. The predicted molar refractivity (Wildman–Crippen MR) is 62.1 cm³/mol. The number of hydrogen-bond donors (Lipinski definition) is 0. The summed E-state index contributed by atoms with van der Waals surface area (Å²) in [6.07, 6.45) is 0.847. The van der Waals surface area contributed by atoms with Crippen LogP contribution in [0.25, 0.3) is 0 Å². The van der Waals surface area contributed by atoms with Gasteiger partial charge in [-0.2, -0.15) is 0 Å². The summed E-state index contributed by atoms with van der Waals surface area (Å²) < 4.78 is 0. The van der Waals surface area contributed by atoms with Crippen molar-refractivity contribution in [1.82, 2.24) is 0 Å². The molecule has 2 heteroatoms. The van der Waals surface area contributed by atoms with Crippen LogP contribution in [-0.2, 0) is 0 Å². The van der Waals surface area contributed by atoms with E-state index >= 15 is 0 Å². The molecule has 0 atom stereocenters. The Balaban J connectivity index is 2.30. The lowest BCUT2D eigenvalue weighted by molar-refractivity contribution is 0.112.